The van der Waals surface area contributed by atoms with Crippen molar-refractivity contribution in [1.82, 2.24) is 5.32 Å². The van der Waals surface area contributed by atoms with E-state index in [0.29, 0.717) is 15.3 Å². The van der Waals surface area contributed by atoms with Crippen LogP contribution in [0.4, 0.5) is 0 Å². The van der Waals surface area contributed by atoms with E-state index in [2.05, 4.69) is 5.32 Å². The zero-order chi connectivity index (χ0) is 12.8. The minimum atomic E-state index is -0.000285. The van der Waals surface area contributed by atoms with Gasteiger partial charge in [0, 0.05) is 25.8 Å². The quantitative estimate of drug-likeness (QED) is 0.813. The van der Waals surface area contributed by atoms with E-state index in [9.17, 15) is 5.11 Å². The first-order valence-corrected chi connectivity index (χ1v) is 6.96. The molecule has 0 aromatic carbocycles. The molecule has 0 radical (unpaired) electrons. The summed E-state index contributed by atoms with van der Waals surface area (Å²) in [6.07, 6.45) is 0.757. The molecule has 0 amide bonds. The molecule has 1 rings (SSSR count). The standard InChI is InChI=1S/C11H17Cl2NO2S/c1-7(9-5-10(12)17-11(9)13)14-8(6-15)3-4-16-2/h5,7-8,14-15H,3-4,6H2,1-2H3. The van der Waals surface area contributed by atoms with Crippen LogP contribution in [0.3, 0.4) is 0 Å². The molecule has 0 aliphatic rings. The third-order valence-electron chi connectivity index (χ3n) is 2.53. The molecule has 98 valence electrons. The molecule has 0 aliphatic carbocycles. The Hall–Kier alpha value is 0.160. The summed E-state index contributed by atoms with van der Waals surface area (Å²) in [4.78, 5) is 0. The van der Waals surface area contributed by atoms with Gasteiger partial charge >= 0.3 is 0 Å². The van der Waals surface area contributed by atoms with Crippen molar-refractivity contribution in [1.29, 1.82) is 0 Å². The molecule has 0 bridgehead atoms. The van der Waals surface area contributed by atoms with Crippen LogP contribution in [0.15, 0.2) is 6.07 Å². The monoisotopic (exact) mass is 297 g/mol. The van der Waals surface area contributed by atoms with Crippen LogP contribution < -0.4 is 5.32 Å². The Morgan fingerprint density at radius 3 is 2.71 bits per heavy atom. The number of aliphatic hydroxyl groups is 1. The minimum absolute atomic E-state index is 0.000285. The third kappa shape index (κ3) is 4.73. The highest BCUT2D eigenvalue weighted by molar-refractivity contribution is 7.20. The van der Waals surface area contributed by atoms with Crippen LogP contribution in [0, 0.1) is 0 Å². The lowest BCUT2D eigenvalue weighted by Gasteiger charge is -2.21. The molecular formula is C11H17Cl2NO2S. The number of thiophene rings is 1. The normalized spacial score (nSPS) is 14.9. The average Bonchev–Trinajstić information content (AvgIpc) is 2.63. The highest BCUT2D eigenvalue weighted by atomic mass is 35.5. The molecule has 2 N–H and O–H groups in total. The number of halogens is 2. The van der Waals surface area contributed by atoms with Gasteiger partial charge in [0.15, 0.2) is 0 Å². The van der Waals surface area contributed by atoms with Gasteiger partial charge < -0.3 is 15.2 Å². The third-order valence-corrected chi connectivity index (χ3v) is 4.04. The highest BCUT2D eigenvalue weighted by Crippen LogP contribution is 2.34. The number of methoxy groups -OCH3 is 1. The summed E-state index contributed by atoms with van der Waals surface area (Å²) in [5.41, 5.74) is 0.970. The number of hydrogen-bond donors (Lipinski definition) is 2. The molecule has 0 aliphatic heterocycles. The lowest BCUT2D eigenvalue weighted by atomic mass is 10.1. The van der Waals surface area contributed by atoms with E-state index in [1.54, 1.807) is 7.11 Å². The van der Waals surface area contributed by atoms with Gasteiger partial charge in [0.05, 0.1) is 15.3 Å². The number of hydrogen-bond acceptors (Lipinski definition) is 4. The van der Waals surface area contributed by atoms with Crippen LogP contribution in [0.1, 0.15) is 24.9 Å². The molecular weight excluding hydrogens is 281 g/mol. The van der Waals surface area contributed by atoms with Crippen LogP contribution in [0.2, 0.25) is 8.67 Å². The van der Waals surface area contributed by atoms with E-state index in [1.165, 1.54) is 11.3 Å². The first-order chi connectivity index (χ1) is 8.08. The van der Waals surface area contributed by atoms with Crippen LogP contribution in [-0.2, 0) is 4.74 Å². The van der Waals surface area contributed by atoms with Gasteiger partial charge in [0.25, 0.3) is 0 Å². The predicted octanol–water partition coefficient (Wildman–Crippen LogP) is 3.10. The summed E-state index contributed by atoms with van der Waals surface area (Å²) in [5.74, 6) is 0. The Kier molecular flexibility index (Phi) is 6.77. The Morgan fingerprint density at radius 2 is 2.24 bits per heavy atom. The molecule has 0 saturated heterocycles. The first kappa shape index (κ1) is 15.2. The summed E-state index contributed by atoms with van der Waals surface area (Å²) < 4.78 is 6.36. The van der Waals surface area contributed by atoms with Gasteiger partial charge in [0.2, 0.25) is 0 Å². The van der Waals surface area contributed by atoms with Crippen molar-refractivity contribution in [2.45, 2.75) is 25.4 Å². The summed E-state index contributed by atoms with van der Waals surface area (Å²) in [7, 11) is 1.65. The smallest absolute Gasteiger partial charge is 0.0991 e. The zero-order valence-corrected chi connectivity index (χ0v) is 12.2. The van der Waals surface area contributed by atoms with Crippen LogP contribution in [0.5, 0.6) is 0 Å². The fourth-order valence-corrected chi connectivity index (χ4v) is 3.22. The van der Waals surface area contributed by atoms with Gasteiger partial charge in [0.1, 0.15) is 0 Å². The lowest BCUT2D eigenvalue weighted by molar-refractivity contribution is 0.156. The lowest BCUT2D eigenvalue weighted by Crippen LogP contribution is -2.35. The maximum absolute atomic E-state index is 9.25. The minimum Gasteiger partial charge on any atom is -0.395 e. The SMILES string of the molecule is COCCC(CO)NC(C)c1cc(Cl)sc1Cl. The van der Waals surface area contributed by atoms with Crippen molar-refractivity contribution in [2.75, 3.05) is 20.3 Å². The van der Waals surface area contributed by atoms with Crippen LogP contribution >= 0.6 is 34.5 Å². The maximum Gasteiger partial charge on any atom is 0.0991 e. The van der Waals surface area contributed by atoms with Crippen LogP contribution in [0.25, 0.3) is 0 Å². The fraction of sp³-hybridized carbons (Fsp3) is 0.636. The first-order valence-electron chi connectivity index (χ1n) is 5.39. The van der Waals surface area contributed by atoms with Crippen molar-refractivity contribution in [3.63, 3.8) is 0 Å². The maximum atomic E-state index is 9.25. The number of rotatable bonds is 7. The van der Waals surface area contributed by atoms with Gasteiger partial charge in [-0.15, -0.1) is 11.3 Å². The average molecular weight is 298 g/mol. The van der Waals surface area contributed by atoms with E-state index < -0.39 is 0 Å². The predicted molar refractivity (Wildman–Crippen MR) is 73.3 cm³/mol. The molecule has 0 saturated carbocycles. The largest absolute Gasteiger partial charge is 0.395 e. The van der Waals surface area contributed by atoms with Gasteiger partial charge in [-0.25, -0.2) is 0 Å². The van der Waals surface area contributed by atoms with Gasteiger partial charge in [-0.3, -0.25) is 0 Å². The van der Waals surface area contributed by atoms with Crippen molar-refractivity contribution in [3.05, 3.63) is 20.3 Å². The molecule has 0 fully saturated rings. The second-order valence-corrected chi connectivity index (χ2v) is 6.11. The molecule has 6 heteroatoms. The molecule has 1 heterocycles. The Labute approximate surface area is 116 Å². The molecule has 2 unspecified atom stereocenters. The van der Waals surface area contributed by atoms with E-state index in [4.69, 9.17) is 27.9 Å². The Bertz CT molecular complexity index is 346. The fourth-order valence-electron chi connectivity index (χ4n) is 1.58. The van der Waals surface area contributed by atoms with E-state index in [1.807, 2.05) is 13.0 Å². The Balaban J connectivity index is 2.57. The zero-order valence-electron chi connectivity index (χ0n) is 9.87. The van der Waals surface area contributed by atoms with Crippen molar-refractivity contribution < 1.29 is 9.84 Å². The highest BCUT2D eigenvalue weighted by Gasteiger charge is 2.16. The number of aliphatic hydroxyl groups excluding tert-OH is 1. The van der Waals surface area contributed by atoms with Gasteiger partial charge in [-0.05, 0) is 25.0 Å². The van der Waals surface area contributed by atoms with Gasteiger partial charge in [-0.2, -0.15) is 0 Å². The number of ether oxygens (including phenoxy) is 1. The van der Waals surface area contributed by atoms with Crippen LogP contribution in [-0.4, -0.2) is 31.5 Å². The molecule has 17 heavy (non-hydrogen) atoms. The molecule has 2 atom stereocenters. The molecule has 3 nitrogen and oxygen atoms in total. The second kappa shape index (κ2) is 7.56. The molecule has 1 aromatic rings. The summed E-state index contributed by atoms with van der Waals surface area (Å²) in [6.45, 7) is 2.69. The van der Waals surface area contributed by atoms with E-state index in [-0.39, 0.29) is 18.7 Å². The van der Waals surface area contributed by atoms with E-state index in [0.717, 1.165) is 12.0 Å². The Morgan fingerprint density at radius 1 is 1.53 bits per heavy atom. The number of nitrogens with one attached hydrogen (secondary N) is 1. The molecule has 1 aromatic heterocycles. The summed E-state index contributed by atoms with van der Waals surface area (Å²) in [6, 6.07) is 1.91. The van der Waals surface area contributed by atoms with Crippen molar-refractivity contribution in [3.8, 4) is 0 Å². The van der Waals surface area contributed by atoms with Gasteiger partial charge in [-0.1, -0.05) is 23.2 Å². The molecule has 0 spiro atoms. The van der Waals surface area contributed by atoms with E-state index >= 15 is 0 Å². The van der Waals surface area contributed by atoms with Crippen molar-refractivity contribution in [2.24, 2.45) is 0 Å². The summed E-state index contributed by atoms with van der Waals surface area (Å²) in [5, 5.41) is 12.6. The topological polar surface area (TPSA) is 41.5 Å². The van der Waals surface area contributed by atoms with Crippen molar-refractivity contribution >= 4 is 34.5 Å². The summed E-state index contributed by atoms with van der Waals surface area (Å²) >= 11 is 13.3. The second-order valence-electron chi connectivity index (χ2n) is 3.83.